The second-order valence-electron chi connectivity index (χ2n) is 4.85. The first-order valence-electron chi connectivity index (χ1n) is 6.65. The molecule has 0 saturated carbocycles. The predicted molar refractivity (Wildman–Crippen MR) is 79.5 cm³/mol. The summed E-state index contributed by atoms with van der Waals surface area (Å²) in [5, 5.41) is 25.2. The van der Waals surface area contributed by atoms with E-state index in [1.165, 1.54) is 17.7 Å². The standard InChI is InChI=1S/C16H16N2O2/c19-15-8-7-12(10-16(15)20)11-17-18-9-3-5-13-4-1-2-6-14(13)18/h1-2,4,6-8,10-11,19-20H,3,5,9H2/b17-11+. The number of aromatic hydroxyl groups is 2. The second-order valence-corrected chi connectivity index (χ2v) is 4.85. The molecule has 0 atom stereocenters. The molecule has 1 heterocycles. The molecule has 1 aliphatic heterocycles. The van der Waals surface area contributed by atoms with Crippen molar-refractivity contribution < 1.29 is 10.2 Å². The maximum absolute atomic E-state index is 9.47. The average Bonchev–Trinajstić information content (AvgIpc) is 2.48. The van der Waals surface area contributed by atoms with E-state index in [1.54, 1.807) is 12.3 Å². The van der Waals surface area contributed by atoms with Crippen molar-refractivity contribution in [2.24, 2.45) is 5.10 Å². The first kappa shape index (κ1) is 12.5. The molecule has 2 aromatic rings. The van der Waals surface area contributed by atoms with E-state index >= 15 is 0 Å². The van der Waals surface area contributed by atoms with Gasteiger partial charge in [0.2, 0.25) is 0 Å². The number of nitrogens with zero attached hydrogens (tertiary/aromatic N) is 2. The number of phenols is 2. The zero-order valence-corrected chi connectivity index (χ0v) is 11.0. The van der Waals surface area contributed by atoms with Crippen LogP contribution in [0.4, 0.5) is 5.69 Å². The summed E-state index contributed by atoms with van der Waals surface area (Å²) < 4.78 is 0. The fourth-order valence-electron chi connectivity index (χ4n) is 2.39. The summed E-state index contributed by atoms with van der Waals surface area (Å²) in [5.74, 6) is -0.251. The number of hydrogen-bond donors (Lipinski definition) is 2. The van der Waals surface area contributed by atoms with Crippen LogP contribution in [0.2, 0.25) is 0 Å². The van der Waals surface area contributed by atoms with Gasteiger partial charge in [-0.05, 0) is 48.2 Å². The summed E-state index contributed by atoms with van der Waals surface area (Å²) >= 11 is 0. The zero-order valence-electron chi connectivity index (χ0n) is 11.0. The third-order valence-corrected chi connectivity index (χ3v) is 3.43. The molecule has 0 fully saturated rings. The molecule has 4 heteroatoms. The SMILES string of the molecule is Oc1ccc(/C=N/N2CCCc3ccccc32)cc1O. The molecular formula is C16H16N2O2. The highest BCUT2D eigenvalue weighted by Gasteiger charge is 2.14. The number of hydrogen-bond acceptors (Lipinski definition) is 4. The first-order chi connectivity index (χ1) is 9.74. The van der Waals surface area contributed by atoms with E-state index < -0.39 is 0 Å². The summed E-state index contributed by atoms with van der Waals surface area (Å²) in [6, 6.07) is 12.9. The molecule has 0 unspecified atom stereocenters. The van der Waals surface area contributed by atoms with Crippen LogP contribution in [0.25, 0.3) is 0 Å². The van der Waals surface area contributed by atoms with Gasteiger partial charge in [-0.15, -0.1) is 0 Å². The number of hydrazone groups is 1. The Kier molecular flexibility index (Phi) is 3.29. The summed E-state index contributed by atoms with van der Waals surface area (Å²) in [6.07, 6.45) is 3.86. The Hall–Kier alpha value is -2.49. The van der Waals surface area contributed by atoms with Gasteiger partial charge in [0.15, 0.2) is 11.5 Å². The minimum absolute atomic E-state index is 0.120. The molecule has 0 aromatic heterocycles. The van der Waals surface area contributed by atoms with Gasteiger partial charge in [-0.25, -0.2) is 0 Å². The molecule has 0 amide bonds. The highest BCUT2D eigenvalue weighted by molar-refractivity contribution is 5.81. The van der Waals surface area contributed by atoms with E-state index in [9.17, 15) is 10.2 Å². The van der Waals surface area contributed by atoms with Crippen molar-refractivity contribution >= 4 is 11.9 Å². The van der Waals surface area contributed by atoms with Gasteiger partial charge < -0.3 is 10.2 Å². The Bertz CT molecular complexity index is 653. The van der Waals surface area contributed by atoms with Gasteiger partial charge in [-0.1, -0.05) is 18.2 Å². The minimum atomic E-state index is -0.131. The zero-order chi connectivity index (χ0) is 13.9. The van der Waals surface area contributed by atoms with Crippen LogP contribution in [0.5, 0.6) is 11.5 Å². The third kappa shape index (κ3) is 2.45. The van der Waals surface area contributed by atoms with E-state index in [4.69, 9.17) is 0 Å². The fraction of sp³-hybridized carbons (Fsp3) is 0.188. The summed E-state index contributed by atoms with van der Waals surface area (Å²) in [7, 11) is 0. The van der Waals surface area contributed by atoms with Gasteiger partial charge in [0, 0.05) is 6.54 Å². The van der Waals surface area contributed by atoms with Crippen molar-refractivity contribution in [3.8, 4) is 11.5 Å². The maximum Gasteiger partial charge on any atom is 0.158 e. The number of para-hydroxylation sites is 1. The van der Waals surface area contributed by atoms with Crippen molar-refractivity contribution in [3.05, 3.63) is 53.6 Å². The van der Waals surface area contributed by atoms with Crippen LogP contribution in [0.3, 0.4) is 0 Å². The molecule has 0 radical (unpaired) electrons. The minimum Gasteiger partial charge on any atom is -0.504 e. The molecule has 0 saturated heterocycles. The van der Waals surface area contributed by atoms with Crippen LogP contribution < -0.4 is 5.01 Å². The van der Waals surface area contributed by atoms with Gasteiger partial charge in [0.1, 0.15) is 0 Å². The van der Waals surface area contributed by atoms with Gasteiger partial charge in [0.25, 0.3) is 0 Å². The van der Waals surface area contributed by atoms with Crippen molar-refractivity contribution in [2.75, 3.05) is 11.6 Å². The molecule has 2 aromatic carbocycles. The molecule has 0 bridgehead atoms. The lowest BCUT2D eigenvalue weighted by Gasteiger charge is -2.26. The van der Waals surface area contributed by atoms with E-state index in [0.29, 0.717) is 0 Å². The molecule has 4 nitrogen and oxygen atoms in total. The monoisotopic (exact) mass is 268 g/mol. The van der Waals surface area contributed by atoms with Gasteiger partial charge in [-0.2, -0.15) is 5.10 Å². The van der Waals surface area contributed by atoms with Crippen LogP contribution in [0.15, 0.2) is 47.6 Å². The van der Waals surface area contributed by atoms with E-state index in [0.717, 1.165) is 30.6 Å². The third-order valence-electron chi connectivity index (χ3n) is 3.43. The number of fused-ring (bicyclic) bond motifs is 1. The Morgan fingerprint density at radius 3 is 2.75 bits per heavy atom. The average molecular weight is 268 g/mol. The summed E-state index contributed by atoms with van der Waals surface area (Å²) in [6.45, 7) is 0.886. The molecular weight excluding hydrogens is 252 g/mol. The number of aryl methyl sites for hydroxylation is 1. The topological polar surface area (TPSA) is 56.1 Å². The van der Waals surface area contributed by atoms with Crippen LogP contribution in [-0.4, -0.2) is 23.0 Å². The van der Waals surface area contributed by atoms with Crippen LogP contribution in [0.1, 0.15) is 17.5 Å². The van der Waals surface area contributed by atoms with E-state index in [-0.39, 0.29) is 11.5 Å². The smallest absolute Gasteiger partial charge is 0.158 e. The van der Waals surface area contributed by atoms with Crippen molar-refractivity contribution in [1.29, 1.82) is 0 Å². The number of rotatable bonds is 2. The molecule has 0 aliphatic carbocycles. The van der Waals surface area contributed by atoms with Crippen LogP contribution in [-0.2, 0) is 6.42 Å². The summed E-state index contributed by atoms with van der Waals surface area (Å²) in [4.78, 5) is 0. The molecule has 102 valence electrons. The maximum atomic E-state index is 9.47. The van der Waals surface area contributed by atoms with Gasteiger partial charge in [0.05, 0.1) is 11.9 Å². The van der Waals surface area contributed by atoms with Crippen molar-refractivity contribution in [2.45, 2.75) is 12.8 Å². The van der Waals surface area contributed by atoms with E-state index in [1.807, 2.05) is 17.1 Å². The van der Waals surface area contributed by atoms with Crippen LogP contribution >= 0.6 is 0 Å². The predicted octanol–water partition coefficient (Wildman–Crippen LogP) is 2.88. The fourth-order valence-corrected chi connectivity index (χ4v) is 2.39. The molecule has 20 heavy (non-hydrogen) atoms. The Balaban J connectivity index is 1.84. The van der Waals surface area contributed by atoms with Crippen molar-refractivity contribution in [1.82, 2.24) is 0 Å². The number of anilines is 1. The number of benzene rings is 2. The summed E-state index contributed by atoms with van der Waals surface area (Å²) in [5.41, 5.74) is 3.20. The molecule has 1 aliphatic rings. The molecule has 0 spiro atoms. The Morgan fingerprint density at radius 1 is 1.05 bits per heavy atom. The largest absolute Gasteiger partial charge is 0.504 e. The number of phenolic OH excluding ortho intramolecular Hbond substituents is 2. The van der Waals surface area contributed by atoms with Crippen LogP contribution in [0, 0.1) is 0 Å². The highest BCUT2D eigenvalue weighted by atomic mass is 16.3. The molecule has 3 rings (SSSR count). The van der Waals surface area contributed by atoms with Gasteiger partial charge in [-0.3, -0.25) is 5.01 Å². The Morgan fingerprint density at radius 2 is 1.90 bits per heavy atom. The lowest BCUT2D eigenvalue weighted by molar-refractivity contribution is 0.403. The quantitative estimate of drug-likeness (QED) is 0.650. The lowest BCUT2D eigenvalue weighted by atomic mass is 10.0. The second kappa shape index (κ2) is 5.25. The molecule has 2 N–H and O–H groups in total. The van der Waals surface area contributed by atoms with E-state index in [2.05, 4.69) is 17.2 Å². The van der Waals surface area contributed by atoms with Crippen molar-refractivity contribution in [3.63, 3.8) is 0 Å². The first-order valence-corrected chi connectivity index (χ1v) is 6.65. The highest BCUT2D eigenvalue weighted by Crippen LogP contribution is 2.27. The Labute approximate surface area is 117 Å². The van der Waals surface area contributed by atoms with Gasteiger partial charge >= 0.3 is 0 Å². The lowest BCUT2D eigenvalue weighted by Crippen LogP contribution is -2.24. The normalized spacial score (nSPS) is 14.5.